The smallest absolute Gasteiger partial charge is 0.335 e. The van der Waals surface area contributed by atoms with Crippen LogP contribution in [0.5, 0.6) is 5.75 Å². The van der Waals surface area contributed by atoms with Crippen molar-refractivity contribution in [2.24, 2.45) is 16.8 Å². The lowest BCUT2D eigenvalue weighted by atomic mass is 9.89. The quantitative estimate of drug-likeness (QED) is 0.622. The Hall–Kier alpha value is -2.81. The van der Waals surface area contributed by atoms with Gasteiger partial charge in [0.05, 0.1) is 23.2 Å². The monoisotopic (exact) mass is 464 g/mol. The Morgan fingerprint density at radius 1 is 1.28 bits per heavy atom. The maximum absolute atomic E-state index is 13.2. The normalized spacial score (nSPS) is 16.2. The first-order chi connectivity index (χ1) is 15.3. The van der Waals surface area contributed by atoms with Crippen molar-refractivity contribution in [3.63, 3.8) is 0 Å². The first kappa shape index (κ1) is 23.8. The standard InChI is InChI=1S/C22H29ClN4O5/c1-3-32-18-10-9-16(11-17(18)23)24-20-25-21(30)27(12-14(2)19(28)29)22(31)26(20)13-15-7-5-4-6-8-15/h9-11,14-15H,3-8,12-13H2,1-2H3,(H,28,29)(H,24,25,30)/t14-/m1/s1. The van der Waals surface area contributed by atoms with E-state index in [0.717, 1.165) is 30.3 Å². The average Bonchev–Trinajstić information content (AvgIpc) is 2.76. The van der Waals surface area contributed by atoms with Crippen molar-refractivity contribution in [2.75, 3.05) is 6.61 Å². The minimum atomic E-state index is -1.08. The second-order valence-corrected chi connectivity index (χ2v) is 8.57. The zero-order valence-electron chi connectivity index (χ0n) is 18.3. The van der Waals surface area contributed by atoms with Gasteiger partial charge in [0.15, 0.2) is 0 Å². The summed E-state index contributed by atoms with van der Waals surface area (Å²) in [5, 5.41) is 9.59. The second kappa shape index (κ2) is 10.7. The molecule has 9 nitrogen and oxygen atoms in total. The van der Waals surface area contributed by atoms with Crippen LogP contribution >= 0.6 is 11.6 Å². The summed E-state index contributed by atoms with van der Waals surface area (Å²) in [5.41, 5.74) is -0.686. The number of hydrogen-bond acceptors (Lipinski definition) is 5. The fraction of sp³-hybridized carbons (Fsp3) is 0.545. The van der Waals surface area contributed by atoms with Crippen LogP contribution in [0.1, 0.15) is 46.0 Å². The van der Waals surface area contributed by atoms with Gasteiger partial charge in [-0.2, -0.15) is 0 Å². The summed E-state index contributed by atoms with van der Waals surface area (Å²) in [6.45, 7) is 3.97. The molecule has 0 unspecified atom stereocenters. The number of aliphatic carboxylic acids is 1. The van der Waals surface area contributed by atoms with E-state index in [0.29, 0.717) is 29.6 Å². The number of ether oxygens (including phenoxy) is 1. The third-order valence-electron chi connectivity index (χ3n) is 5.68. The maximum atomic E-state index is 13.2. The van der Waals surface area contributed by atoms with Crippen molar-refractivity contribution in [3.8, 4) is 5.75 Å². The van der Waals surface area contributed by atoms with E-state index in [9.17, 15) is 19.5 Å². The van der Waals surface area contributed by atoms with E-state index in [2.05, 4.69) is 9.98 Å². The molecule has 1 saturated carbocycles. The van der Waals surface area contributed by atoms with E-state index in [-0.39, 0.29) is 18.1 Å². The van der Waals surface area contributed by atoms with Crippen molar-refractivity contribution in [1.29, 1.82) is 0 Å². The number of halogens is 1. The lowest BCUT2D eigenvalue weighted by Crippen LogP contribution is -2.51. The van der Waals surface area contributed by atoms with Gasteiger partial charge in [0.2, 0.25) is 5.62 Å². The number of carbonyl (C=O) groups is 1. The summed E-state index contributed by atoms with van der Waals surface area (Å²) in [6.07, 6.45) is 5.35. The van der Waals surface area contributed by atoms with Gasteiger partial charge >= 0.3 is 17.3 Å². The molecular formula is C22H29ClN4O5. The van der Waals surface area contributed by atoms with Crippen LogP contribution in [0.2, 0.25) is 5.02 Å². The summed E-state index contributed by atoms with van der Waals surface area (Å²) in [5.74, 6) is -1.15. The molecule has 0 spiro atoms. The van der Waals surface area contributed by atoms with E-state index in [1.165, 1.54) is 17.9 Å². The van der Waals surface area contributed by atoms with Gasteiger partial charge in [0.25, 0.3) is 0 Å². The van der Waals surface area contributed by atoms with Crippen molar-refractivity contribution in [2.45, 2.75) is 59.0 Å². The van der Waals surface area contributed by atoms with E-state index in [1.54, 1.807) is 18.2 Å². The molecule has 0 amide bonds. The van der Waals surface area contributed by atoms with Crippen LogP contribution in [0, 0.1) is 11.8 Å². The topological polar surface area (TPSA) is 119 Å². The fourth-order valence-electron chi connectivity index (χ4n) is 3.90. The largest absolute Gasteiger partial charge is 0.492 e. The Balaban J connectivity index is 2.10. The Kier molecular flexibility index (Phi) is 7.95. The molecule has 0 bridgehead atoms. The van der Waals surface area contributed by atoms with Crippen LogP contribution in [0.4, 0.5) is 5.69 Å². The molecule has 1 aromatic heterocycles. The molecule has 10 heteroatoms. The van der Waals surface area contributed by atoms with E-state index >= 15 is 0 Å². The fourth-order valence-corrected chi connectivity index (χ4v) is 4.13. The van der Waals surface area contributed by atoms with Crippen molar-refractivity contribution in [3.05, 3.63) is 49.8 Å². The van der Waals surface area contributed by atoms with Gasteiger partial charge in [0, 0.05) is 13.1 Å². The Bertz CT molecular complexity index is 1140. The van der Waals surface area contributed by atoms with Gasteiger partial charge in [-0.3, -0.25) is 14.3 Å². The van der Waals surface area contributed by atoms with Crippen molar-refractivity contribution in [1.82, 2.24) is 14.1 Å². The molecule has 1 aliphatic carbocycles. The van der Waals surface area contributed by atoms with E-state index in [1.807, 2.05) is 6.92 Å². The summed E-state index contributed by atoms with van der Waals surface area (Å²) < 4.78 is 7.82. The van der Waals surface area contributed by atoms with Gasteiger partial charge in [0.1, 0.15) is 5.75 Å². The molecule has 1 atom stereocenters. The molecule has 1 heterocycles. The van der Waals surface area contributed by atoms with Crippen LogP contribution in [-0.2, 0) is 17.9 Å². The molecule has 1 aromatic carbocycles. The minimum Gasteiger partial charge on any atom is -0.492 e. The van der Waals surface area contributed by atoms with Crippen LogP contribution in [0.25, 0.3) is 0 Å². The number of hydrogen-bond donors (Lipinski definition) is 2. The highest BCUT2D eigenvalue weighted by molar-refractivity contribution is 6.32. The second-order valence-electron chi connectivity index (χ2n) is 8.16. The predicted octanol–water partition coefficient (Wildman–Crippen LogP) is 2.92. The molecule has 2 aromatic rings. The van der Waals surface area contributed by atoms with Gasteiger partial charge in [-0.25, -0.2) is 19.1 Å². The van der Waals surface area contributed by atoms with Crippen LogP contribution in [0.15, 0.2) is 32.8 Å². The Morgan fingerprint density at radius 3 is 2.62 bits per heavy atom. The number of aromatic amines is 1. The maximum Gasteiger partial charge on any atom is 0.335 e. The van der Waals surface area contributed by atoms with Crippen LogP contribution in [-0.4, -0.2) is 31.8 Å². The first-order valence-electron chi connectivity index (χ1n) is 10.9. The molecular weight excluding hydrogens is 436 g/mol. The summed E-state index contributed by atoms with van der Waals surface area (Å²) in [6, 6.07) is 4.98. The summed E-state index contributed by atoms with van der Waals surface area (Å²) in [4.78, 5) is 44.3. The number of nitrogens with one attached hydrogen (secondary N) is 1. The number of nitrogens with zero attached hydrogens (tertiary/aromatic N) is 3. The number of rotatable bonds is 8. The van der Waals surface area contributed by atoms with Gasteiger partial charge in [-0.1, -0.05) is 37.8 Å². The molecule has 174 valence electrons. The first-order valence-corrected chi connectivity index (χ1v) is 11.3. The molecule has 0 radical (unpaired) electrons. The minimum absolute atomic E-state index is 0.116. The number of carboxylic acids is 1. The number of H-pyrrole nitrogens is 1. The predicted molar refractivity (Wildman–Crippen MR) is 121 cm³/mol. The van der Waals surface area contributed by atoms with E-state index < -0.39 is 23.3 Å². The van der Waals surface area contributed by atoms with Crippen LogP contribution < -0.4 is 21.7 Å². The third kappa shape index (κ3) is 5.70. The van der Waals surface area contributed by atoms with Crippen molar-refractivity contribution >= 4 is 23.3 Å². The lowest BCUT2D eigenvalue weighted by molar-refractivity contribution is -0.141. The average molecular weight is 465 g/mol. The molecule has 1 fully saturated rings. The van der Waals surface area contributed by atoms with Gasteiger partial charge in [-0.15, -0.1) is 0 Å². The van der Waals surface area contributed by atoms with Crippen LogP contribution in [0.3, 0.4) is 0 Å². The third-order valence-corrected chi connectivity index (χ3v) is 5.97. The number of aromatic nitrogens is 3. The van der Waals surface area contributed by atoms with Gasteiger partial charge in [-0.05, 0) is 43.9 Å². The molecule has 2 N–H and O–H groups in total. The van der Waals surface area contributed by atoms with E-state index in [4.69, 9.17) is 16.3 Å². The summed E-state index contributed by atoms with van der Waals surface area (Å²) in [7, 11) is 0. The zero-order valence-corrected chi connectivity index (χ0v) is 19.1. The molecule has 0 aliphatic heterocycles. The highest BCUT2D eigenvalue weighted by Crippen LogP contribution is 2.28. The highest BCUT2D eigenvalue weighted by Gasteiger charge is 2.20. The number of carboxylic acid groups (broad SMARTS) is 1. The SMILES string of the molecule is CCOc1ccc(/N=c2\[nH]c(=O)n(C[C@@H](C)C(=O)O)c(=O)n2CC2CCCCC2)cc1Cl. The Labute approximate surface area is 190 Å². The molecule has 32 heavy (non-hydrogen) atoms. The molecule has 0 saturated heterocycles. The Morgan fingerprint density at radius 2 is 2.00 bits per heavy atom. The summed E-state index contributed by atoms with van der Waals surface area (Å²) >= 11 is 6.26. The molecule has 3 rings (SSSR count). The zero-order chi connectivity index (χ0) is 23.3. The van der Waals surface area contributed by atoms with Crippen molar-refractivity contribution < 1.29 is 14.6 Å². The number of benzene rings is 1. The highest BCUT2D eigenvalue weighted by atomic mass is 35.5. The van der Waals surface area contributed by atoms with Gasteiger partial charge < -0.3 is 9.84 Å². The lowest BCUT2D eigenvalue weighted by Gasteiger charge is -2.22. The molecule has 1 aliphatic rings.